The summed E-state index contributed by atoms with van der Waals surface area (Å²) in [6.45, 7) is 5.75. The quantitative estimate of drug-likeness (QED) is 0.473. The average Bonchev–Trinajstić information content (AvgIpc) is 2.79. The highest BCUT2D eigenvalue weighted by atomic mass is 16.5. The molecule has 0 spiro atoms. The zero-order valence-electron chi connectivity index (χ0n) is 17.3. The summed E-state index contributed by atoms with van der Waals surface area (Å²) in [4.78, 5) is 0. The normalized spacial score (nSPS) is 13.1. The second-order valence-electron chi connectivity index (χ2n) is 7.28. The van der Waals surface area contributed by atoms with Crippen LogP contribution < -0.4 is 4.74 Å². The van der Waals surface area contributed by atoms with Crippen molar-refractivity contribution in [3.8, 4) is 5.75 Å². The van der Waals surface area contributed by atoms with Gasteiger partial charge in [-0.15, -0.1) is 0 Å². The highest BCUT2D eigenvalue weighted by Crippen LogP contribution is 2.33. The van der Waals surface area contributed by atoms with Crippen LogP contribution in [0.5, 0.6) is 5.75 Å². The number of hydrogen-bond donors (Lipinski definition) is 1. The van der Waals surface area contributed by atoms with Gasteiger partial charge in [0.05, 0.1) is 19.8 Å². The summed E-state index contributed by atoms with van der Waals surface area (Å²) in [5.74, 6) is 1.40. The molecule has 0 radical (unpaired) electrons. The molecule has 0 bridgehead atoms. The molecule has 0 aliphatic rings. The number of ether oxygens (including phenoxy) is 2. The van der Waals surface area contributed by atoms with Crippen LogP contribution in [-0.2, 0) is 4.74 Å². The fraction of sp³-hybridized carbons (Fsp3) is 0.308. The summed E-state index contributed by atoms with van der Waals surface area (Å²) in [5, 5.41) is 8.83. The number of hydrogen-bond acceptors (Lipinski definition) is 3. The largest absolute Gasteiger partial charge is 0.491 e. The van der Waals surface area contributed by atoms with Gasteiger partial charge < -0.3 is 14.6 Å². The average molecular weight is 391 g/mol. The van der Waals surface area contributed by atoms with Crippen molar-refractivity contribution in [3.63, 3.8) is 0 Å². The molecule has 152 valence electrons. The molecule has 0 aromatic heterocycles. The Morgan fingerprint density at radius 1 is 0.655 bits per heavy atom. The van der Waals surface area contributed by atoms with E-state index >= 15 is 0 Å². The van der Waals surface area contributed by atoms with Gasteiger partial charge in [-0.3, -0.25) is 0 Å². The minimum Gasteiger partial charge on any atom is -0.491 e. The third kappa shape index (κ3) is 5.93. The van der Waals surface area contributed by atoms with Crippen LogP contribution >= 0.6 is 0 Å². The van der Waals surface area contributed by atoms with Crippen LogP contribution in [0.15, 0.2) is 78.9 Å². The summed E-state index contributed by atoms with van der Waals surface area (Å²) in [6.07, 6.45) is 0. The van der Waals surface area contributed by atoms with E-state index in [0.717, 1.165) is 5.75 Å². The molecule has 2 atom stereocenters. The van der Waals surface area contributed by atoms with Crippen LogP contribution in [0, 0.1) is 0 Å². The molecule has 3 rings (SSSR count). The molecule has 0 aliphatic carbocycles. The standard InChI is InChI=1S/C26H30O3/c1-20(22-9-5-3-6-10-22)24-17-25(21(2)23-11-7-4-8-12-23)19-26(18-24)29-16-15-28-14-13-27/h3-12,17-21,27H,13-16H2,1-2H3. The molecule has 3 aromatic rings. The molecule has 3 heteroatoms. The Kier molecular flexibility index (Phi) is 7.85. The van der Waals surface area contributed by atoms with E-state index in [2.05, 4.69) is 80.6 Å². The van der Waals surface area contributed by atoms with E-state index in [9.17, 15) is 0 Å². The monoisotopic (exact) mass is 390 g/mol. The van der Waals surface area contributed by atoms with Crippen LogP contribution in [0.3, 0.4) is 0 Å². The van der Waals surface area contributed by atoms with Crippen molar-refractivity contribution >= 4 is 0 Å². The lowest BCUT2D eigenvalue weighted by Gasteiger charge is -2.20. The van der Waals surface area contributed by atoms with Gasteiger partial charge in [0.1, 0.15) is 12.4 Å². The Morgan fingerprint density at radius 2 is 1.17 bits per heavy atom. The number of rotatable bonds is 10. The summed E-state index contributed by atoms with van der Waals surface area (Å²) >= 11 is 0. The van der Waals surface area contributed by atoms with E-state index in [0.29, 0.717) is 19.8 Å². The van der Waals surface area contributed by atoms with Crippen LogP contribution in [0.2, 0.25) is 0 Å². The van der Waals surface area contributed by atoms with Gasteiger partial charge in [0, 0.05) is 11.8 Å². The van der Waals surface area contributed by atoms with Crippen molar-refractivity contribution in [2.75, 3.05) is 26.4 Å². The van der Waals surface area contributed by atoms with Crippen molar-refractivity contribution < 1.29 is 14.6 Å². The van der Waals surface area contributed by atoms with Crippen LogP contribution in [-0.4, -0.2) is 31.5 Å². The number of benzene rings is 3. The summed E-state index contributed by atoms with van der Waals surface area (Å²) < 4.78 is 11.3. The lowest BCUT2D eigenvalue weighted by atomic mass is 9.87. The summed E-state index contributed by atoms with van der Waals surface area (Å²) in [6, 6.07) is 27.6. The maximum Gasteiger partial charge on any atom is 0.120 e. The van der Waals surface area contributed by atoms with E-state index in [1.807, 2.05) is 12.1 Å². The van der Waals surface area contributed by atoms with Gasteiger partial charge in [0.15, 0.2) is 0 Å². The zero-order chi connectivity index (χ0) is 20.5. The van der Waals surface area contributed by atoms with Crippen molar-refractivity contribution in [2.24, 2.45) is 0 Å². The predicted molar refractivity (Wildman–Crippen MR) is 118 cm³/mol. The highest BCUT2D eigenvalue weighted by molar-refractivity contribution is 5.44. The van der Waals surface area contributed by atoms with E-state index in [-0.39, 0.29) is 18.4 Å². The summed E-state index contributed by atoms with van der Waals surface area (Å²) in [7, 11) is 0. The van der Waals surface area contributed by atoms with Gasteiger partial charge in [0.25, 0.3) is 0 Å². The zero-order valence-corrected chi connectivity index (χ0v) is 17.3. The van der Waals surface area contributed by atoms with Crippen molar-refractivity contribution in [1.82, 2.24) is 0 Å². The molecule has 0 saturated heterocycles. The topological polar surface area (TPSA) is 38.7 Å². The molecule has 0 heterocycles. The molecular formula is C26H30O3. The van der Waals surface area contributed by atoms with E-state index in [1.54, 1.807) is 0 Å². The van der Waals surface area contributed by atoms with E-state index < -0.39 is 0 Å². The minimum absolute atomic E-state index is 0.0306. The first kappa shape index (κ1) is 21.1. The predicted octanol–water partition coefficient (Wildman–Crippen LogP) is 5.38. The third-order valence-corrected chi connectivity index (χ3v) is 5.28. The van der Waals surface area contributed by atoms with Crippen LogP contribution in [0.25, 0.3) is 0 Å². The lowest BCUT2D eigenvalue weighted by molar-refractivity contribution is 0.0705. The maximum atomic E-state index is 8.83. The number of aliphatic hydroxyl groups excluding tert-OH is 1. The van der Waals surface area contributed by atoms with Crippen LogP contribution in [0.1, 0.15) is 47.9 Å². The van der Waals surface area contributed by atoms with Crippen molar-refractivity contribution in [1.29, 1.82) is 0 Å². The second kappa shape index (κ2) is 10.8. The molecular weight excluding hydrogens is 360 g/mol. The number of aliphatic hydroxyl groups is 1. The Morgan fingerprint density at radius 3 is 1.66 bits per heavy atom. The summed E-state index contributed by atoms with van der Waals surface area (Å²) in [5.41, 5.74) is 5.05. The SMILES string of the molecule is CC(c1ccccc1)c1cc(OCCOCCO)cc(C(C)c2ccccc2)c1. The lowest BCUT2D eigenvalue weighted by Crippen LogP contribution is -2.10. The van der Waals surface area contributed by atoms with E-state index in [1.165, 1.54) is 22.3 Å². The van der Waals surface area contributed by atoms with Gasteiger partial charge >= 0.3 is 0 Å². The maximum absolute atomic E-state index is 8.83. The van der Waals surface area contributed by atoms with Gasteiger partial charge in [-0.25, -0.2) is 0 Å². The Hall–Kier alpha value is -2.62. The molecule has 1 N–H and O–H groups in total. The smallest absolute Gasteiger partial charge is 0.120 e. The molecule has 0 aliphatic heterocycles. The van der Waals surface area contributed by atoms with E-state index in [4.69, 9.17) is 14.6 Å². The van der Waals surface area contributed by atoms with Gasteiger partial charge in [0.2, 0.25) is 0 Å². The second-order valence-corrected chi connectivity index (χ2v) is 7.28. The Balaban J connectivity index is 1.87. The van der Waals surface area contributed by atoms with Gasteiger partial charge in [-0.05, 0) is 34.4 Å². The fourth-order valence-corrected chi connectivity index (χ4v) is 3.48. The molecule has 0 amide bonds. The Bertz CT molecular complexity index is 798. The first-order valence-corrected chi connectivity index (χ1v) is 10.2. The van der Waals surface area contributed by atoms with Crippen molar-refractivity contribution in [3.05, 3.63) is 101 Å². The van der Waals surface area contributed by atoms with Crippen molar-refractivity contribution in [2.45, 2.75) is 25.7 Å². The minimum atomic E-state index is 0.0306. The third-order valence-electron chi connectivity index (χ3n) is 5.28. The molecule has 3 nitrogen and oxygen atoms in total. The molecule has 0 fully saturated rings. The van der Waals surface area contributed by atoms with Crippen LogP contribution in [0.4, 0.5) is 0 Å². The fourth-order valence-electron chi connectivity index (χ4n) is 3.48. The first-order chi connectivity index (χ1) is 14.2. The molecule has 29 heavy (non-hydrogen) atoms. The highest BCUT2D eigenvalue weighted by Gasteiger charge is 2.15. The van der Waals surface area contributed by atoms with Gasteiger partial charge in [-0.2, -0.15) is 0 Å². The Labute approximate surface area is 173 Å². The van der Waals surface area contributed by atoms with Gasteiger partial charge in [-0.1, -0.05) is 80.6 Å². The first-order valence-electron chi connectivity index (χ1n) is 10.2. The molecule has 0 saturated carbocycles. The molecule has 2 unspecified atom stereocenters. The molecule has 3 aromatic carbocycles.